The third kappa shape index (κ3) is 1.92. The first-order valence-electron chi connectivity index (χ1n) is 4.77. The van der Waals surface area contributed by atoms with E-state index in [9.17, 15) is 0 Å². The van der Waals surface area contributed by atoms with Gasteiger partial charge in [-0.3, -0.25) is 9.67 Å². The van der Waals surface area contributed by atoms with E-state index in [1.165, 1.54) is 0 Å². The molecule has 0 fully saturated rings. The monoisotopic (exact) mass is 279 g/mol. The number of fused-ring (bicyclic) bond motifs is 1. The molecule has 0 aliphatic heterocycles. The van der Waals surface area contributed by atoms with Crippen LogP contribution in [0.25, 0.3) is 11.0 Å². The highest BCUT2D eigenvalue weighted by molar-refractivity contribution is 9.10. The minimum absolute atomic E-state index is 0.294. The molecule has 0 aromatic carbocycles. The van der Waals surface area contributed by atoms with Gasteiger partial charge in [-0.25, -0.2) is 0 Å². The van der Waals surface area contributed by atoms with E-state index >= 15 is 0 Å². The van der Waals surface area contributed by atoms with Gasteiger partial charge in [-0.1, -0.05) is 0 Å². The fourth-order valence-corrected chi connectivity index (χ4v) is 1.67. The van der Waals surface area contributed by atoms with Gasteiger partial charge in [0.05, 0.1) is 18.2 Å². The molecular weight excluding hydrogens is 270 g/mol. The van der Waals surface area contributed by atoms with Crippen LogP contribution >= 0.6 is 15.9 Å². The Hall–Kier alpha value is -1.45. The molecule has 2 N–H and O–H groups in total. The molecule has 2 aromatic heterocycles. The van der Waals surface area contributed by atoms with E-state index in [4.69, 9.17) is 11.0 Å². The summed E-state index contributed by atoms with van der Waals surface area (Å²) in [4.78, 5) is 4.20. The van der Waals surface area contributed by atoms with Crippen LogP contribution in [0.15, 0.2) is 22.9 Å². The summed E-state index contributed by atoms with van der Waals surface area (Å²) in [6.45, 7) is 1.76. The summed E-state index contributed by atoms with van der Waals surface area (Å²) in [5.41, 5.74) is 7.42. The lowest BCUT2D eigenvalue weighted by Gasteiger charge is -2.13. The maximum absolute atomic E-state index is 8.79. The number of nitriles is 1. The van der Waals surface area contributed by atoms with Crippen molar-refractivity contribution in [1.29, 1.82) is 5.26 Å². The number of rotatable bonds is 2. The van der Waals surface area contributed by atoms with Crippen molar-refractivity contribution in [3.63, 3.8) is 0 Å². The lowest BCUT2D eigenvalue weighted by atomic mass is 10.1. The average molecular weight is 280 g/mol. The zero-order valence-electron chi connectivity index (χ0n) is 8.63. The minimum Gasteiger partial charge on any atom is -0.309 e. The van der Waals surface area contributed by atoms with Crippen LogP contribution in [0.1, 0.15) is 13.1 Å². The Morgan fingerprint density at radius 3 is 3.00 bits per heavy atom. The molecular formula is C10H10BrN5. The first kappa shape index (κ1) is 11.0. The van der Waals surface area contributed by atoms with Crippen molar-refractivity contribution in [1.82, 2.24) is 14.8 Å². The van der Waals surface area contributed by atoms with Crippen molar-refractivity contribution >= 4 is 27.0 Å². The molecule has 0 saturated heterocycles. The van der Waals surface area contributed by atoms with E-state index in [2.05, 4.69) is 32.1 Å². The van der Waals surface area contributed by atoms with Crippen molar-refractivity contribution in [2.75, 3.05) is 0 Å². The van der Waals surface area contributed by atoms with Gasteiger partial charge in [0.2, 0.25) is 0 Å². The summed E-state index contributed by atoms with van der Waals surface area (Å²) in [7, 11) is 0. The molecule has 2 atom stereocenters. The van der Waals surface area contributed by atoms with E-state index < -0.39 is 6.17 Å². The summed E-state index contributed by atoms with van der Waals surface area (Å²) in [5, 5.41) is 13.1. The third-order valence-electron chi connectivity index (χ3n) is 2.36. The largest absolute Gasteiger partial charge is 0.309 e. The van der Waals surface area contributed by atoms with Crippen LogP contribution < -0.4 is 5.73 Å². The Bertz CT molecular complexity index is 556. The Morgan fingerprint density at radius 2 is 2.31 bits per heavy atom. The number of nitrogens with two attached hydrogens (primary N) is 1. The van der Waals surface area contributed by atoms with Gasteiger partial charge in [-0.2, -0.15) is 10.4 Å². The Labute approximate surface area is 101 Å². The van der Waals surface area contributed by atoms with Gasteiger partial charge in [-0.05, 0) is 28.9 Å². The molecule has 0 radical (unpaired) electrons. The van der Waals surface area contributed by atoms with Crippen molar-refractivity contribution in [3.8, 4) is 6.07 Å². The van der Waals surface area contributed by atoms with E-state index in [1.807, 2.05) is 6.07 Å². The quantitative estimate of drug-likeness (QED) is 0.909. The molecule has 6 heteroatoms. The Balaban J connectivity index is 2.44. The van der Waals surface area contributed by atoms with Crippen molar-refractivity contribution in [2.45, 2.75) is 13.1 Å². The number of hydrogen-bond acceptors (Lipinski definition) is 4. The molecule has 0 spiro atoms. The lowest BCUT2D eigenvalue weighted by molar-refractivity contribution is 0.395. The predicted octanol–water partition coefficient (Wildman–Crippen LogP) is 1.81. The van der Waals surface area contributed by atoms with Crippen LogP contribution in [0.3, 0.4) is 0 Å². The molecule has 16 heavy (non-hydrogen) atoms. The molecule has 0 aliphatic rings. The highest BCUT2D eigenvalue weighted by Gasteiger charge is 2.15. The van der Waals surface area contributed by atoms with Crippen LogP contribution in [0, 0.1) is 17.2 Å². The molecule has 5 nitrogen and oxygen atoms in total. The van der Waals surface area contributed by atoms with E-state index in [-0.39, 0.29) is 5.92 Å². The minimum atomic E-state index is -0.446. The van der Waals surface area contributed by atoms with Crippen LogP contribution in [0.2, 0.25) is 0 Å². The predicted molar refractivity (Wildman–Crippen MR) is 63.2 cm³/mol. The second-order valence-corrected chi connectivity index (χ2v) is 4.49. The second kappa shape index (κ2) is 4.20. The van der Waals surface area contributed by atoms with Gasteiger partial charge >= 0.3 is 0 Å². The van der Waals surface area contributed by atoms with Crippen LogP contribution in [0.5, 0.6) is 0 Å². The summed E-state index contributed by atoms with van der Waals surface area (Å²) in [6, 6.07) is 3.97. The van der Waals surface area contributed by atoms with Crippen LogP contribution in [0.4, 0.5) is 0 Å². The summed E-state index contributed by atoms with van der Waals surface area (Å²) in [5.74, 6) is -0.294. The average Bonchev–Trinajstić information content (AvgIpc) is 2.69. The van der Waals surface area contributed by atoms with Gasteiger partial charge < -0.3 is 5.73 Å². The molecule has 2 aromatic rings. The highest BCUT2D eigenvalue weighted by Crippen LogP contribution is 2.18. The smallest absolute Gasteiger partial charge is 0.115 e. The normalized spacial score (nSPS) is 14.6. The zero-order chi connectivity index (χ0) is 11.7. The molecule has 0 bridgehead atoms. The molecule has 2 rings (SSSR count). The molecule has 0 amide bonds. The van der Waals surface area contributed by atoms with Crippen molar-refractivity contribution in [3.05, 3.63) is 22.9 Å². The summed E-state index contributed by atoms with van der Waals surface area (Å²) >= 11 is 3.33. The van der Waals surface area contributed by atoms with Gasteiger partial charge in [0, 0.05) is 10.7 Å². The molecule has 2 unspecified atom stereocenters. The van der Waals surface area contributed by atoms with Gasteiger partial charge in [0.15, 0.2) is 0 Å². The number of nitrogens with zero attached hydrogens (tertiary/aromatic N) is 4. The number of pyridine rings is 1. The van der Waals surface area contributed by atoms with Gasteiger partial charge in [0.1, 0.15) is 17.2 Å². The molecule has 0 saturated carbocycles. The topological polar surface area (TPSA) is 80.5 Å². The van der Waals surface area contributed by atoms with Crippen LogP contribution in [-0.4, -0.2) is 14.8 Å². The highest BCUT2D eigenvalue weighted by atomic mass is 79.9. The summed E-state index contributed by atoms with van der Waals surface area (Å²) in [6.07, 6.45) is 3.01. The Morgan fingerprint density at radius 1 is 1.56 bits per heavy atom. The van der Waals surface area contributed by atoms with Crippen molar-refractivity contribution in [2.24, 2.45) is 11.7 Å². The van der Waals surface area contributed by atoms with Crippen LogP contribution in [-0.2, 0) is 0 Å². The third-order valence-corrected chi connectivity index (χ3v) is 2.80. The van der Waals surface area contributed by atoms with Crippen molar-refractivity contribution < 1.29 is 0 Å². The fraction of sp³-hybridized carbons (Fsp3) is 0.300. The summed E-state index contributed by atoms with van der Waals surface area (Å²) < 4.78 is 2.45. The van der Waals surface area contributed by atoms with E-state index in [1.54, 1.807) is 24.0 Å². The first-order valence-corrected chi connectivity index (χ1v) is 5.56. The van der Waals surface area contributed by atoms with Gasteiger partial charge in [0.25, 0.3) is 0 Å². The number of hydrogen-bond donors (Lipinski definition) is 1. The number of aromatic nitrogens is 3. The second-order valence-electron chi connectivity index (χ2n) is 3.58. The zero-order valence-corrected chi connectivity index (χ0v) is 10.2. The Kier molecular flexibility index (Phi) is 2.90. The number of halogens is 1. The van der Waals surface area contributed by atoms with E-state index in [0.29, 0.717) is 0 Å². The van der Waals surface area contributed by atoms with Gasteiger partial charge in [-0.15, -0.1) is 0 Å². The maximum atomic E-state index is 8.79. The molecule has 0 aliphatic carbocycles. The van der Waals surface area contributed by atoms with E-state index in [0.717, 1.165) is 15.5 Å². The SMILES string of the molecule is CC(C#N)C(N)n1cc2ncc(Br)cc2n1. The first-order chi connectivity index (χ1) is 7.61. The fourth-order valence-electron chi connectivity index (χ4n) is 1.36. The maximum Gasteiger partial charge on any atom is 0.115 e. The molecule has 2 heterocycles. The molecule has 82 valence electrons. The standard InChI is InChI=1S/C10H10BrN5/c1-6(3-12)10(13)16-5-9-8(15-16)2-7(11)4-14-9/h2,4-6,10H,13H2,1H3. The lowest BCUT2D eigenvalue weighted by Crippen LogP contribution is -2.25.